The molecule has 3 aromatic rings. The standard InChI is InChI=1S/C21H18F3NO5S/c22-21(23,24)15-4-6-18-14(10-15)11-16(2-1-3-20(26)27)25(18)31(28,29)17-5-7-19-13(12-17)8-9-30-19/h4-7,10-12H,1-3,8-9H2,(H,26,27). The van der Waals surface area contributed by atoms with E-state index >= 15 is 0 Å². The second-order valence-corrected chi connectivity index (χ2v) is 9.08. The molecule has 0 atom stereocenters. The molecule has 0 saturated carbocycles. The zero-order valence-electron chi connectivity index (χ0n) is 16.1. The molecule has 0 amide bonds. The van der Waals surface area contributed by atoms with E-state index in [1.54, 1.807) is 6.07 Å². The molecule has 0 spiro atoms. The lowest BCUT2D eigenvalue weighted by Gasteiger charge is -2.13. The van der Waals surface area contributed by atoms with Gasteiger partial charge in [-0.15, -0.1) is 0 Å². The zero-order valence-corrected chi connectivity index (χ0v) is 17.0. The first-order valence-corrected chi connectivity index (χ1v) is 11.0. The van der Waals surface area contributed by atoms with Crippen molar-refractivity contribution in [2.45, 2.75) is 36.8 Å². The molecule has 10 heteroatoms. The Hall–Kier alpha value is -3.01. The molecular formula is C21H18F3NO5S. The fourth-order valence-electron chi connectivity index (χ4n) is 3.73. The highest BCUT2D eigenvalue weighted by Gasteiger charge is 2.32. The van der Waals surface area contributed by atoms with Crippen LogP contribution in [-0.4, -0.2) is 30.1 Å². The SMILES string of the molecule is O=C(O)CCCc1cc2cc(C(F)(F)F)ccc2n1S(=O)(=O)c1ccc2c(c1)CCO2. The number of rotatable bonds is 6. The van der Waals surface area contributed by atoms with Gasteiger partial charge >= 0.3 is 12.1 Å². The van der Waals surface area contributed by atoms with E-state index in [0.717, 1.165) is 27.7 Å². The van der Waals surface area contributed by atoms with Gasteiger partial charge in [-0.3, -0.25) is 4.79 Å². The number of aliphatic carboxylic acids is 1. The number of alkyl halides is 3. The van der Waals surface area contributed by atoms with Gasteiger partial charge in [0.2, 0.25) is 0 Å². The summed E-state index contributed by atoms with van der Waals surface area (Å²) < 4.78 is 72.8. The second-order valence-electron chi connectivity index (χ2n) is 7.29. The molecule has 0 radical (unpaired) electrons. The fraction of sp³-hybridized carbons (Fsp3) is 0.286. The van der Waals surface area contributed by atoms with E-state index in [2.05, 4.69) is 0 Å². The summed E-state index contributed by atoms with van der Waals surface area (Å²) in [5, 5.41) is 9.01. The average Bonchev–Trinajstić information content (AvgIpc) is 3.30. The molecule has 4 rings (SSSR count). The molecule has 1 N–H and O–H groups in total. The Morgan fingerprint density at radius 3 is 2.61 bits per heavy atom. The van der Waals surface area contributed by atoms with Crippen LogP contribution in [0, 0.1) is 0 Å². The highest BCUT2D eigenvalue weighted by molar-refractivity contribution is 7.90. The van der Waals surface area contributed by atoms with Gasteiger partial charge in [0.25, 0.3) is 10.0 Å². The number of carbonyl (C=O) groups is 1. The van der Waals surface area contributed by atoms with E-state index < -0.39 is 27.7 Å². The Morgan fingerprint density at radius 2 is 1.90 bits per heavy atom. The van der Waals surface area contributed by atoms with E-state index in [4.69, 9.17) is 9.84 Å². The zero-order chi connectivity index (χ0) is 22.4. The summed E-state index contributed by atoms with van der Waals surface area (Å²) in [5.74, 6) is -0.434. The Labute approximate surface area is 175 Å². The molecular weight excluding hydrogens is 435 g/mol. The fourth-order valence-corrected chi connectivity index (χ4v) is 5.35. The van der Waals surface area contributed by atoms with Crippen LogP contribution >= 0.6 is 0 Å². The molecule has 0 bridgehead atoms. The minimum atomic E-state index is -4.57. The average molecular weight is 453 g/mol. The van der Waals surface area contributed by atoms with Gasteiger partial charge in [0.05, 0.1) is 22.6 Å². The lowest BCUT2D eigenvalue weighted by Crippen LogP contribution is -2.16. The molecule has 164 valence electrons. The highest BCUT2D eigenvalue weighted by atomic mass is 32.2. The smallest absolute Gasteiger partial charge is 0.416 e. The Balaban J connectivity index is 1.86. The van der Waals surface area contributed by atoms with Crippen molar-refractivity contribution in [1.29, 1.82) is 0 Å². The first-order chi connectivity index (χ1) is 14.6. The first kappa shape index (κ1) is 21.2. The Bertz CT molecular complexity index is 1280. The largest absolute Gasteiger partial charge is 0.493 e. The molecule has 2 aromatic carbocycles. The number of ether oxygens (including phenoxy) is 1. The third kappa shape index (κ3) is 3.99. The highest BCUT2D eigenvalue weighted by Crippen LogP contribution is 2.35. The summed E-state index contributed by atoms with van der Waals surface area (Å²) in [4.78, 5) is 10.9. The molecule has 1 aliphatic rings. The lowest BCUT2D eigenvalue weighted by molar-refractivity contribution is -0.138. The Kier molecular flexibility index (Phi) is 5.20. The van der Waals surface area contributed by atoms with Gasteiger partial charge in [0.1, 0.15) is 5.75 Å². The molecule has 1 aliphatic heterocycles. The van der Waals surface area contributed by atoms with E-state index in [1.807, 2.05) is 0 Å². The molecule has 0 fully saturated rings. The number of nitrogens with zero attached hydrogens (tertiary/aromatic N) is 1. The first-order valence-electron chi connectivity index (χ1n) is 9.52. The molecule has 1 aromatic heterocycles. The van der Waals surface area contributed by atoms with Crippen molar-refractivity contribution in [2.24, 2.45) is 0 Å². The van der Waals surface area contributed by atoms with E-state index in [-0.39, 0.29) is 40.8 Å². The maximum atomic E-state index is 13.5. The van der Waals surface area contributed by atoms with Crippen molar-refractivity contribution in [3.8, 4) is 5.75 Å². The summed E-state index contributed by atoms with van der Waals surface area (Å²) in [6, 6.07) is 8.72. The van der Waals surface area contributed by atoms with Crippen molar-refractivity contribution in [3.05, 3.63) is 59.3 Å². The predicted molar refractivity (Wildman–Crippen MR) is 106 cm³/mol. The minimum absolute atomic E-state index is 0.00590. The topological polar surface area (TPSA) is 85.6 Å². The van der Waals surface area contributed by atoms with E-state index in [9.17, 15) is 26.4 Å². The van der Waals surface area contributed by atoms with Gasteiger partial charge in [-0.1, -0.05) is 0 Å². The van der Waals surface area contributed by atoms with Gasteiger partial charge < -0.3 is 9.84 Å². The van der Waals surface area contributed by atoms with Crippen LogP contribution in [0.15, 0.2) is 47.4 Å². The number of aromatic nitrogens is 1. The molecule has 31 heavy (non-hydrogen) atoms. The number of halogens is 3. The van der Waals surface area contributed by atoms with Crippen LogP contribution in [0.3, 0.4) is 0 Å². The van der Waals surface area contributed by atoms with Gasteiger partial charge in [0.15, 0.2) is 0 Å². The van der Waals surface area contributed by atoms with Crippen LogP contribution in [-0.2, 0) is 33.8 Å². The van der Waals surface area contributed by atoms with Gasteiger partial charge in [-0.2, -0.15) is 13.2 Å². The molecule has 6 nitrogen and oxygen atoms in total. The minimum Gasteiger partial charge on any atom is -0.493 e. The maximum absolute atomic E-state index is 13.5. The van der Waals surface area contributed by atoms with Crippen molar-refractivity contribution in [3.63, 3.8) is 0 Å². The number of benzene rings is 2. The van der Waals surface area contributed by atoms with Gasteiger partial charge in [-0.25, -0.2) is 12.4 Å². The number of aryl methyl sites for hydroxylation is 1. The summed E-state index contributed by atoms with van der Waals surface area (Å²) in [5.41, 5.74) is 0.188. The summed E-state index contributed by atoms with van der Waals surface area (Å²) >= 11 is 0. The monoisotopic (exact) mass is 453 g/mol. The van der Waals surface area contributed by atoms with Crippen molar-refractivity contribution >= 4 is 26.9 Å². The van der Waals surface area contributed by atoms with E-state index in [1.165, 1.54) is 18.2 Å². The van der Waals surface area contributed by atoms with Crippen LogP contribution in [0.1, 0.15) is 29.7 Å². The van der Waals surface area contributed by atoms with E-state index in [0.29, 0.717) is 18.8 Å². The van der Waals surface area contributed by atoms with Crippen LogP contribution in [0.25, 0.3) is 10.9 Å². The number of fused-ring (bicyclic) bond motifs is 2. The number of carboxylic acids is 1. The summed E-state index contributed by atoms with van der Waals surface area (Å²) in [7, 11) is -4.14. The number of carboxylic acid groups (broad SMARTS) is 1. The van der Waals surface area contributed by atoms with Crippen molar-refractivity contribution in [2.75, 3.05) is 6.61 Å². The Morgan fingerprint density at radius 1 is 1.13 bits per heavy atom. The van der Waals surface area contributed by atoms with Crippen molar-refractivity contribution in [1.82, 2.24) is 3.97 Å². The quantitative estimate of drug-likeness (QED) is 0.604. The van der Waals surface area contributed by atoms with Gasteiger partial charge in [0, 0.05) is 23.9 Å². The predicted octanol–water partition coefficient (Wildman–Crippen LogP) is 4.24. The van der Waals surface area contributed by atoms with Crippen LogP contribution in [0.4, 0.5) is 13.2 Å². The third-order valence-electron chi connectivity index (χ3n) is 5.18. The molecule has 2 heterocycles. The molecule has 0 saturated heterocycles. The number of hydrogen-bond donors (Lipinski definition) is 1. The molecule has 0 aliphatic carbocycles. The van der Waals surface area contributed by atoms with Crippen LogP contribution < -0.4 is 4.74 Å². The van der Waals surface area contributed by atoms with Gasteiger partial charge in [-0.05, 0) is 60.9 Å². The maximum Gasteiger partial charge on any atom is 0.416 e. The summed E-state index contributed by atoms with van der Waals surface area (Å²) in [6.07, 6.45) is -3.98. The normalized spacial score (nSPS) is 13.9. The summed E-state index contributed by atoms with van der Waals surface area (Å²) in [6.45, 7) is 0.450. The molecule has 0 unspecified atom stereocenters. The number of hydrogen-bond acceptors (Lipinski definition) is 4. The van der Waals surface area contributed by atoms with Crippen LogP contribution in [0.5, 0.6) is 5.75 Å². The third-order valence-corrected chi connectivity index (χ3v) is 6.94. The van der Waals surface area contributed by atoms with Crippen molar-refractivity contribution < 1.29 is 36.2 Å². The lowest BCUT2D eigenvalue weighted by atomic mass is 10.1. The second kappa shape index (κ2) is 7.60. The van der Waals surface area contributed by atoms with Crippen LogP contribution in [0.2, 0.25) is 0 Å².